The molecule has 0 aliphatic carbocycles. The van der Waals surface area contributed by atoms with Gasteiger partial charge < -0.3 is 9.84 Å². The maximum absolute atomic E-state index is 13.6. The van der Waals surface area contributed by atoms with Gasteiger partial charge >= 0.3 is 0 Å². The number of aryl methyl sites for hydroxylation is 2. The van der Waals surface area contributed by atoms with Crippen LogP contribution in [-0.4, -0.2) is 17.1 Å². The average molecular weight is 322 g/mol. The molecule has 1 heterocycles. The lowest BCUT2D eigenvalue weighted by molar-refractivity contribution is -0.121. The minimum Gasteiger partial charge on any atom is -0.361 e. The van der Waals surface area contributed by atoms with Gasteiger partial charge in [-0.1, -0.05) is 11.2 Å². The van der Waals surface area contributed by atoms with Crippen molar-refractivity contribution in [2.75, 3.05) is 0 Å². The number of benzene rings is 1. The zero-order valence-corrected chi connectivity index (χ0v) is 13.5. The molecule has 4 nitrogen and oxygen atoms in total. The van der Waals surface area contributed by atoms with Crippen molar-refractivity contribution >= 4 is 5.91 Å². The van der Waals surface area contributed by atoms with Crippen LogP contribution in [0.15, 0.2) is 22.7 Å². The number of amides is 1. The Balaban J connectivity index is 1.88. The van der Waals surface area contributed by atoms with E-state index in [0.717, 1.165) is 11.3 Å². The molecule has 2 rings (SSSR count). The van der Waals surface area contributed by atoms with E-state index in [0.29, 0.717) is 12.2 Å². The molecule has 1 aromatic heterocycles. The van der Waals surface area contributed by atoms with Crippen molar-refractivity contribution in [2.45, 2.75) is 46.1 Å². The normalized spacial score (nSPS) is 12.2. The van der Waals surface area contributed by atoms with Crippen molar-refractivity contribution < 1.29 is 18.1 Å². The standard InChI is InChI=1S/C17H20F2N2O2/c1-10(9-14-15(18)5-4-6-16(14)19)20-17(22)8-7-13-11(2)21-23-12(13)3/h4-6,10H,7-9H2,1-3H3,(H,20,22)/t10-/m1/s1. The van der Waals surface area contributed by atoms with Crippen LogP contribution in [0.4, 0.5) is 8.78 Å². The number of hydrogen-bond acceptors (Lipinski definition) is 3. The first-order valence-electron chi connectivity index (χ1n) is 7.52. The van der Waals surface area contributed by atoms with Gasteiger partial charge in [-0.2, -0.15) is 0 Å². The van der Waals surface area contributed by atoms with Crippen molar-refractivity contribution in [1.82, 2.24) is 10.5 Å². The number of nitrogens with one attached hydrogen (secondary N) is 1. The van der Waals surface area contributed by atoms with E-state index in [9.17, 15) is 13.6 Å². The Kier molecular flexibility index (Phi) is 5.47. The summed E-state index contributed by atoms with van der Waals surface area (Å²) in [5.74, 6) is -0.658. The Bertz CT molecular complexity index is 658. The number of rotatable bonds is 6. The van der Waals surface area contributed by atoms with Gasteiger partial charge in [0.1, 0.15) is 17.4 Å². The van der Waals surface area contributed by atoms with Crippen LogP contribution in [0, 0.1) is 25.5 Å². The van der Waals surface area contributed by atoms with Crippen LogP contribution in [0.3, 0.4) is 0 Å². The molecule has 1 N–H and O–H groups in total. The van der Waals surface area contributed by atoms with E-state index in [1.165, 1.54) is 18.2 Å². The zero-order chi connectivity index (χ0) is 17.0. The maximum atomic E-state index is 13.6. The molecule has 0 bridgehead atoms. The first kappa shape index (κ1) is 17.1. The monoisotopic (exact) mass is 322 g/mol. The Morgan fingerprint density at radius 1 is 1.26 bits per heavy atom. The summed E-state index contributed by atoms with van der Waals surface area (Å²) in [7, 11) is 0. The molecular formula is C17H20F2N2O2. The van der Waals surface area contributed by atoms with Gasteiger partial charge in [0, 0.05) is 23.6 Å². The summed E-state index contributed by atoms with van der Waals surface area (Å²) in [4.78, 5) is 12.0. The molecule has 0 aliphatic rings. The fourth-order valence-electron chi connectivity index (χ4n) is 2.53. The molecule has 0 spiro atoms. The summed E-state index contributed by atoms with van der Waals surface area (Å²) < 4.78 is 32.3. The second kappa shape index (κ2) is 7.35. The van der Waals surface area contributed by atoms with E-state index >= 15 is 0 Å². The summed E-state index contributed by atoms with van der Waals surface area (Å²) in [5, 5.41) is 6.60. The van der Waals surface area contributed by atoms with Gasteiger partial charge in [-0.15, -0.1) is 0 Å². The summed E-state index contributed by atoms with van der Waals surface area (Å²) in [6, 6.07) is 3.38. The maximum Gasteiger partial charge on any atom is 0.220 e. The van der Waals surface area contributed by atoms with Gasteiger partial charge in [-0.05, 0) is 45.7 Å². The van der Waals surface area contributed by atoms with Crippen molar-refractivity contribution in [3.63, 3.8) is 0 Å². The number of hydrogen-bond donors (Lipinski definition) is 1. The molecule has 6 heteroatoms. The largest absolute Gasteiger partial charge is 0.361 e. The Labute approximate surface area is 133 Å². The van der Waals surface area contributed by atoms with Crippen LogP contribution in [0.2, 0.25) is 0 Å². The second-order valence-electron chi connectivity index (χ2n) is 5.68. The van der Waals surface area contributed by atoms with Gasteiger partial charge in [0.15, 0.2) is 0 Å². The molecule has 2 aromatic rings. The quantitative estimate of drug-likeness (QED) is 0.888. The third-order valence-corrected chi connectivity index (χ3v) is 3.76. The highest BCUT2D eigenvalue weighted by molar-refractivity contribution is 5.76. The summed E-state index contributed by atoms with van der Waals surface area (Å²) in [6.07, 6.45) is 0.899. The van der Waals surface area contributed by atoms with Gasteiger partial charge in [0.25, 0.3) is 0 Å². The zero-order valence-electron chi connectivity index (χ0n) is 13.5. The number of halogens is 2. The molecule has 0 aliphatic heterocycles. The highest BCUT2D eigenvalue weighted by atomic mass is 19.1. The number of carbonyl (C=O) groups excluding carboxylic acids is 1. The Hall–Kier alpha value is -2.24. The van der Waals surface area contributed by atoms with Crippen LogP contribution in [0.5, 0.6) is 0 Å². The highest BCUT2D eigenvalue weighted by Crippen LogP contribution is 2.16. The minimum absolute atomic E-state index is 0.00831. The second-order valence-corrected chi connectivity index (χ2v) is 5.68. The van der Waals surface area contributed by atoms with Gasteiger partial charge in [0.2, 0.25) is 5.91 Å². The van der Waals surface area contributed by atoms with Crippen LogP contribution < -0.4 is 5.32 Å². The van der Waals surface area contributed by atoms with E-state index in [4.69, 9.17) is 4.52 Å². The summed E-state index contributed by atoms with van der Waals surface area (Å²) in [6.45, 7) is 5.35. The lowest BCUT2D eigenvalue weighted by atomic mass is 10.0. The highest BCUT2D eigenvalue weighted by Gasteiger charge is 2.15. The lowest BCUT2D eigenvalue weighted by Crippen LogP contribution is -2.34. The van der Waals surface area contributed by atoms with E-state index in [1.807, 2.05) is 6.92 Å². The van der Waals surface area contributed by atoms with Gasteiger partial charge in [0.05, 0.1) is 5.69 Å². The van der Waals surface area contributed by atoms with Gasteiger partial charge in [-0.25, -0.2) is 8.78 Å². The molecule has 23 heavy (non-hydrogen) atoms. The molecule has 1 aromatic carbocycles. The predicted molar refractivity (Wildman–Crippen MR) is 82.0 cm³/mol. The molecular weight excluding hydrogens is 302 g/mol. The van der Waals surface area contributed by atoms with Crippen molar-refractivity contribution in [3.8, 4) is 0 Å². The van der Waals surface area contributed by atoms with Crippen LogP contribution in [0.1, 0.15) is 35.9 Å². The number of nitrogens with zero attached hydrogens (tertiary/aromatic N) is 1. The topological polar surface area (TPSA) is 55.1 Å². The summed E-state index contributed by atoms with van der Waals surface area (Å²) in [5.41, 5.74) is 1.69. The fourth-order valence-corrected chi connectivity index (χ4v) is 2.53. The number of carbonyl (C=O) groups is 1. The van der Waals surface area contributed by atoms with Crippen LogP contribution in [0.25, 0.3) is 0 Å². The molecule has 0 fully saturated rings. The molecule has 0 unspecified atom stereocenters. The third kappa shape index (κ3) is 4.37. The SMILES string of the molecule is Cc1noc(C)c1CCC(=O)N[C@H](C)Cc1c(F)cccc1F. The molecule has 0 saturated heterocycles. The molecule has 124 valence electrons. The van der Waals surface area contributed by atoms with Crippen LogP contribution >= 0.6 is 0 Å². The van der Waals surface area contributed by atoms with E-state index < -0.39 is 11.6 Å². The molecule has 0 radical (unpaired) electrons. The third-order valence-electron chi connectivity index (χ3n) is 3.76. The first-order chi connectivity index (χ1) is 10.9. The van der Waals surface area contributed by atoms with Gasteiger partial charge in [-0.3, -0.25) is 4.79 Å². The lowest BCUT2D eigenvalue weighted by Gasteiger charge is -2.15. The van der Waals surface area contributed by atoms with Crippen molar-refractivity contribution in [1.29, 1.82) is 0 Å². The van der Waals surface area contributed by atoms with E-state index in [1.54, 1.807) is 13.8 Å². The predicted octanol–water partition coefficient (Wildman–Crippen LogP) is 3.25. The minimum atomic E-state index is -0.596. The fraction of sp³-hybridized carbons (Fsp3) is 0.412. The van der Waals surface area contributed by atoms with Crippen LogP contribution in [-0.2, 0) is 17.6 Å². The Morgan fingerprint density at radius 3 is 2.48 bits per heavy atom. The number of aromatic nitrogens is 1. The average Bonchev–Trinajstić information content (AvgIpc) is 2.80. The molecule has 1 amide bonds. The van der Waals surface area contributed by atoms with Crippen molar-refractivity contribution in [3.05, 3.63) is 52.4 Å². The Morgan fingerprint density at radius 2 is 1.91 bits per heavy atom. The smallest absolute Gasteiger partial charge is 0.220 e. The first-order valence-corrected chi connectivity index (χ1v) is 7.52. The van der Waals surface area contributed by atoms with Crippen molar-refractivity contribution in [2.24, 2.45) is 0 Å². The summed E-state index contributed by atoms with van der Waals surface area (Å²) >= 11 is 0. The van der Waals surface area contributed by atoms with E-state index in [-0.39, 0.29) is 30.4 Å². The molecule has 1 atom stereocenters. The van der Waals surface area contributed by atoms with E-state index in [2.05, 4.69) is 10.5 Å². The molecule has 0 saturated carbocycles.